The molecule has 8 fully saturated rings. The van der Waals surface area contributed by atoms with Crippen LogP contribution in [0, 0.1) is 58.2 Å². The number of fused-ring (bicyclic) bond motifs is 8. The fourth-order valence-corrected chi connectivity index (χ4v) is 15.9. The molecule has 0 aromatic carbocycles. The van der Waals surface area contributed by atoms with Crippen molar-refractivity contribution in [2.75, 3.05) is 13.1 Å². The van der Waals surface area contributed by atoms with E-state index in [2.05, 4.69) is 19.2 Å². The second-order valence-electron chi connectivity index (χ2n) is 22.0. The zero-order valence-electron chi connectivity index (χ0n) is 36.2. The minimum absolute atomic E-state index is 0.0307. The Morgan fingerprint density at radius 1 is 0.948 bits per heavy atom. The number of aliphatic imine (C=N–C) groups is 1. The van der Waals surface area contributed by atoms with E-state index in [4.69, 9.17) is 15.5 Å². The maximum Gasteiger partial charge on any atom is 0.180 e. The molecule has 0 radical (unpaired) electrons. The number of ether oxygens (including phenoxy) is 1. The molecule has 0 aromatic heterocycles. The maximum absolute atomic E-state index is 15.1. The fourth-order valence-electron chi connectivity index (χ4n) is 15.9. The van der Waals surface area contributed by atoms with Gasteiger partial charge in [0, 0.05) is 29.6 Å². The van der Waals surface area contributed by atoms with Crippen molar-refractivity contribution >= 4 is 11.5 Å². The fraction of sp³-hybridized carbons (Fsp3) is 0.957. The lowest BCUT2D eigenvalue weighted by Crippen LogP contribution is -2.95. The third-order valence-corrected chi connectivity index (χ3v) is 19.1. The molecule has 8 rings (SSSR count). The highest BCUT2D eigenvalue weighted by Gasteiger charge is 2.75. The number of carbonyl (C=O) groups is 1. The normalized spacial score (nSPS) is 51.7. The van der Waals surface area contributed by atoms with Crippen molar-refractivity contribution in [2.24, 2.45) is 68.9 Å². The molecule has 2 saturated heterocycles. The molecule has 19 atom stereocenters. The Bertz CT molecular complexity index is 1520. The van der Waals surface area contributed by atoms with Crippen molar-refractivity contribution in [1.82, 2.24) is 0 Å². The van der Waals surface area contributed by atoms with Crippen LogP contribution in [0.25, 0.3) is 0 Å². The monoisotopic (exact) mass is 815 g/mol. The number of nitrogens with zero attached hydrogens (tertiary/aromatic N) is 1. The van der Waals surface area contributed by atoms with Crippen LogP contribution in [-0.2, 0) is 9.53 Å². The number of hydrogen-bond donors (Lipinski definition) is 8. The number of Topliss-reactive ketones (excluding diaryl/α,β-unsaturated/α-hetero) is 1. The predicted octanol–water partition coefficient (Wildman–Crippen LogP) is 3.77. The summed E-state index contributed by atoms with van der Waals surface area (Å²) in [6.07, 6.45) is 13.2. The van der Waals surface area contributed by atoms with Gasteiger partial charge in [-0.3, -0.25) is 15.5 Å². The van der Waals surface area contributed by atoms with Crippen molar-refractivity contribution in [3.8, 4) is 0 Å². The lowest BCUT2D eigenvalue weighted by Gasteiger charge is -2.65. The van der Waals surface area contributed by atoms with Crippen LogP contribution >= 0.6 is 0 Å². The standard InChI is InChI=1S/C47H79N3O8/c1-5-8-28-10-13-30-31-9-6-7-19-47(57,42(31)58-36(30)14-11-28)44(4,55)37-18-22-46(56)39-32(17-20-43(37,46)3)45(21-16-29-12-15-38(48)49-26-29)24-35(53)34(52)23-33(45)41(54)40(39)50-25-27(2)51/h27-39,42,49,51-53,55-57H,5-26,48H2,1-4H3/p+1. The summed E-state index contributed by atoms with van der Waals surface area (Å²) in [6.45, 7) is 8.80. The smallest absolute Gasteiger partial charge is 0.180 e. The quantitative estimate of drug-likeness (QED) is 0.171. The van der Waals surface area contributed by atoms with E-state index in [0.29, 0.717) is 62.5 Å². The highest BCUT2D eigenvalue weighted by molar-refractivity contribution is 6.42. The molecule has 0 aromatic rings. The average molecular weight is 815 g/mol. The Morgan fingerprint density at radius 3 is 2.43 bits per heavy atom. The molecule has 10 N–H and O–H groups in total. The summed E-state index contributed by atoms with van der Waals surface area (Å²) in [5, 5.41) is 75.4. The molecule has 2 heterocycles. The Kier molecular flexibility index (Phi) is 12.2. The molecule has 58 heavy (non-hydrogen) atoms. The average Bonchev–Trinajstić information content (AvgIpc) is 3.52. The number of quaternary nitrogens is 1. The molecular weight excluding hydrogens is 735 g/mol. The summed E-state index contributed by atoms with van der Waals surface area (Å²) >= 11 is 0. The lowest BCUT2D eigenvalue weighted by atomic mass is 9.40. The van der Waals surface area contributed by atoms with Crippen LogP contribution in [0.1, 0.15) is 156 Å². The van der Waals surface area contributed by atoms with Gasteiger partial charge in [-0.2, -0.15) is 0 Å². The van der Waals surface area contributed by atoms with Crippen LogP contribution in [0.3, 0.4) is 0 Å². The van der Waals surface area contributed by atoms with E-state index in [1.807, 2.05) is 6.92 Å². The highest BCUT2D eigenvalue weighted by Crippen LogP contribution is 2.71. The van der Waals surface area contributed by atoms with Gasteiger partial charge in [-0.1, -0.05) is 46.0 Å². The lowest BCUT2D eigenvalue weighted by molar-refractivity contribution is -0.703. The topological polar surface area (TPSA) is 203 Å². The maximum atomic E-state index is 15.1. The van der Waals surface area contributed by atoms with E-state index in [0.717, 1.165) is 70.3 Å². The van der Waals surface area contributed by atoms with Gasteiger partial charge in [-0.25, -0.2) is 0 Å². The van der Waals surface area contributed by atoms with Crippen LogP contribution in [-0.4, -0.2) is 109 Å². The highest BCUT2D eigenvalue weighted by atomic mass is 16.5. The zero-order valence-corrected chi connectivity index (χ0v) is 36.2. The van der Waals surface area contributed by atoms with Gasteiger partial charge in [0.15, 0.2) is 5.78 Å². The van der Waals surface area contributed by atoms with E-state index >= 15 is 4.79 Å². The number of ketones is 1. The van der Waals surface area contributed by atoms with Gasteiger partial charge in [-0.05, 0) is 139 Å². The van der Waals surface area contributed by atoms with E-state index < -0.39 is 69.8 Å². The summed E-state index contributed by atoms with van der Waals surface area (Å²) in [5.74, 6) is -0.299. The third-order valence-electron chi connectivity index (χ3n) is 19.1. The Labute approximate surface area is 347 Å². The number of aliphatic hydroxyl groups excluding tert-OH is 3. The second-order valence-corrected chi connectivity index (χ2v) is 22.0. The minimum Gasteiger partial charge on any atom is -0.391 e. The van der Waals surface area contributed by atoms with E-state index in [-0.39, 0.29) is 42.9 Å². The van der Waals surface area contributed by atoms with Gasteiger partial charge in [0.2, 0.25) is 0 Å². The first-order valence-electron chi connectivity index (χ1n) is 24.0. The van der Waals surface area contributed by atoms with Crippen molar-refractivity contribution in [3.05, 3.63) is 0 Å². The zero-order chi connectivity index (χ0) is 41.4. The summed E-state index contributed by atoms with van der Waals surface area (Å²) < 4.78 is 7.04. The van der Waals surface area contributed by atoms with Gasteiger partial charge in [0.25, 0.3) is 0 Å². The SMILES string of the molecule is CCCC1CCC2OC3C(CCCCC3(O)C(C)(O)C3CCC4(O)C5C(=NCC(C)O)C(=O)C6CC(O)C(O)CC6(CCC6CCC(N)[NH2+]C6)C5CCC34C)C2CC1. The van der Waals surface area contributed by atoms with Crippen LogP contribution in [0.5, 0.6) is 0 Å². The molecule has 11 nitrogen and oxygen atoms in total. The number of rotatable bonds is 9. The Hall–Kier alpha value is -1.02. The Balaban J connectivity index is 1.14. The molecule has 11 heteroatoms. The number of nitrogens with two attached hydrogens (primary N) is 2. The predicted molar refractivity (Wildman–Crippen MR) is 221 cm³/mol. The van der Waals surface area contributed by atoms with E-state index in [1.54, 1.807) is 6.92 Å². The first kappa shape index (κ1) is 43.6. The minimum atomic E-state index is -1.58. The van der Waals surface area contributed by atoms with Crippen LogP contribution in [0.15, 0.2) is 4.99 Å². The van der Waals surface area contributed by atoms with Gasteiger partial charge in [0.05, 0.1) is 60.5 Å². The van der Waals surface area contributed by atoms with Gasteiger partial charge in [-0.15, -0.1) is 0 Å². The van der Waals surface area contributed by atoms with Crippen LogP contribution in [0.4, 0.5) is 0 Å². The number of carbonyl (C=O) groups excluding carboxylic acids is 1. The molecule has 2 aliphatic heterocycles. The van der Waals surface area contributed by atoms with E-state index in [9.17, 15) is 30.6 Å². The van der Waals surface area contributed by atoms with Crippen molar-refractivity contribution in [3.63, 3.8) is 0 Å². The van der Waals surface area contributed by atoms with Gasteiger partial charge in [0.1, 0.15) is 11.8 Å². The summed E-state index contributed by atoms with van der Waals surface area (Å²) in [6, 6.07) is 0. The molecular formula is C47H80N3O8+. The van der Waals surface area contributed by atoms with E-state index in [1.165, 1.54) is 19.3 Å². The Morgan fingerprint density at radius 2 is 1.71 bits per heavy atom. The number of hydrogen-bond acceptors (Lipinski definition) is 10. The molecule has 6 saturated carbocycles. The third kappa shape index (κ3) is 6.94. The molecule has 6 aliphatic carbocycles. The number of aliphatic hydroxyl groups is 6. The van der Waals surface area contributed by atoms with Crippen molar-refractivity contribution in [1.29, 1.82) is 0 Å². The molecule has 8 aliphatic rings. The first-order valence-corrected chi connectivity index (χ1v) is 24.0. The van der Waals surface area contributed by atoms with Crippen LogP contribution < -0.4 is 11.1 Å². The molecule has 0 spiro atoms. The molecule has 0 amide bonds. The van der Waals surface area contributed by atoms with Crippen molar-refractivity contribution < 1.29 is 45.5 Å². The summed E-state index contributed by atoms with van der Waals surface area (Å²) in [4.78, 5) is 20.0. The van der Waals surface area contributed by atoms with Gasteiger partial charge >= 0.3 is 0 Å². The first-order chi connectivity index (χ1) is 27.5. The van der Waals surface area contributed by atoms with Crippen LogP contribution in [0.2, 0.25) is 0 Å². The molecule has 19 unspecified atom stereocenters. The number of piperidine rings is 1. The second kappa shape index (κ2) is 16.3. The summed E-state index contributed by atoms with van der Waals surface area (Å²) in [7, 11) is 0. The van der Waals surface area contributed by atoms with Crippen molar-refractivity contribution in [2.45, 2.75) is 210 Å². The van der Waals surface area contributed by atoms with Gasteiger partial charge < -0.3 is 40.7 Å². The molecule has 330 valence electrons. The molecule has 0 bridgehead atoms. The summed E-state index contributed by atoms with van der Waals surface area (Å²) in [5.41, 5.74) is 0.528. The largest absolute Gasteiger partial charge is 0.391 e.